The molecule has 0 saturated carbocycles. The Morgan fingerprint density at radius 2 is 1.50 bits per heavy atom. The lowest BCUT2D eigenvalue weighted by Crippen LogP contribution is -2.11. The summed E-state index contributed by atoms with van der Waals surface area (Å²) in [5.41, 5.74) is 1.99. The first kappa shape index (κ1) is 23.5. The van der Waals surface area contributed by atoms with Crippen LogP contribution >= 0.6 is 0 Å². The van der Waals surface area contributed by atoms with E-state index in [1.807, 2.05) is 44.2 Å². The summed E-state index contributed by atoms with van der Waals surface area (Å²) < 4.78 is 51.0. The van der Waals surface area contributed by atoms with Crippen molar-refractivity contribution >= 4 is 0 Å². The highest BCUT2D eigenvalue weighted by Crippen LogP contribution is 2.35. The van der Waals surface area contributed by atoms with Gasteiger partial charge in [0.05, 0.1) is 13.7 Å². The molecule has 4 nitrogen and oxygen atoms in total. The van der Waals surface area contributed by atoms with Crippen molar-refractivity contribution in [2.24, 2.45) is 5.92 Å². The monoisotopic (exact) mass is 442 g/mol. The van der Waals surface area contributed by atoms with Crippen LogP contribution in [0.5, 0.6) is 17.2 Å². The summed E-state index contributed by atoms with van der Waals surface area (Å²) in [5, 5.41) is 0. The Bertz CT molecular complexity index is 983. The summed E-state index contributed by atoms with van der Waals surface area (Å²) in [4.78, 5) is 0. The van der Waals surface area contributed by atoms with E-state index < -0.39 is 17.4 Å². The smallest absolute Gasteiger partial charge is 0.190 e. The molecular formula is C26H28F2O4. The third-order valence-corrected chi connectivity index (χ3v) is 4.66. The Labute approximate surface area is 187 Å². The van der Waals surface area contributed by atoms with E-state index in [0.717, 1.165) is 5.56 Å². The van der Waals surface area contributed by atoms with Gasteiger partial charge in [-0.1, -0.05) is 50.2 Å². The van der Waals surface area contributed by atoms with Gasteiger partial charge in [-0.25, -0.2) is 8.78 Å². The van der Waals surface area contributed by atoms with E-state index in [4.69, 9.17) is 18.9 Å². The summed E-state index contributed by atoms with van der Waals surface area (Å²) in [6.45, 7) is 5.33. The van der Waals surface area contributed by atoms with Crippen LogP contribution < -0.4 is 14.2 Å². The predicted octanol–water partition coefficient (Wildman–Crippen LogP) is 6.27. The van der Waals surface area contributed by atoms with Gasteiger partial charge in [0.2, 0.25) is 0 Å². The molecule has 0 N–H and O–H groups in total. The second-order valence-electron chi connectivity index (χ2n) is 7.73. The van der Waals surface area contributed by atoms with Crippen LogP contribution in [-0.2, 0) is 11.3 Å². The molecule has 6 heteroatoms. The molecule has 0 atom stereocenters. The highest BCUT2D eigenvalue weighted by Gasteiger charge is 2.15. The molecule has 0 amide bonds. The van der Waals surface area contributed by atoms with E-state index in [0.29, 0.717) is 41.8 Å². The first-order valence-electron chi connectivity index (χ1n) is 10.5. The molecule has 0 fully saturated rings. The summed E-state index contributed by atoms with van der Waals surface area (Å²) in [7, 11) is 1.52. The summed E-state index contributed by atoms with van der Waals surface area (Å²) in [6, 6.07) is 17.4. The number of hydrogen-bond donors (Lipinski definition) is 0. The van der Waals surface area contributed by atoms with E-state index in [1.165, 1.54) is 19.2 Å². The van der Waals surface area contributed by atoms with Gasteiger partial charge in [0, 0.05) is 6.61 Å². The first-order valence-corrected chi connectivity index (χ1v) is 10.5. The number of methoxy groups -OCH3 is 1. The minimum absolute atomic E-state index is 0.0706. The molecule has 3 aromatic carbocycles. The molecule has 0 aliphatic rings. The molecule has 170 valence electrons. The average Bonchev–Trinajstić information content (AvgIpc) is 2.79. The van der Waals surface area contributed by atoms with Crippen LogP contribution in [0.1, 0.15) is 19.4 Å². The molecule has 0 spiro atoms. The van der Waals surface area contributed by atoms with E-state index in [9.17, 15) is 8.78 Å². The standard InChI is InChI=1S/C26H28F2O4/c1-18(2)16-30-11-12-31-26-22(27)13-21(14-23(26)28)20-9-10-24(25(15-20)29-3)32-17-19-7-5-4-6-8-19/h4-10,13-15,18H,11-12,16-17H2,1-3H3. The van der Waals surface area contributed by atoms with Crippen molar-refractivity contribution in [2.45, 2.75) is 20.5 Å². The van der Waals surface area contributed by atoms with Crippen molar-refractivity contribution in [2.75, 3.05) is 26.9 Å². The van der Waals surface area contributed by atoms with E-state index in [2.05, 4.69) is 0 Å². The van der Waals surface area contributed by atoms with Gasteiger partial charge in [0.15, 0.2) is 28.9 Å². The first-order chi connectivity index (χ1) is 15.5. The van der Waals surface area contributed by atoms with Crippen LogP contribution in [0.3, 0.4) is 0 Å². The fourth-order valence-electron chi connectivity index (χ4n) is 3.09. The average molecular weight is 443 g/mol. The highest BCUT2D eigenvalue weighted by atomic mass is 19.1. The van der Waals surface area contributed by atoms with Gasteiger partial charge >= 0.3 is 0 Å². The largest absolute Gasteiger partial charge is 0.493 e. The normalized spacial score (nSPS) is 10.9. The lowest BCUT2D eigenvalue weighted by atomic mass is 10.0. The van der Waals surface area contributed by atoms with Crippen molar-refractivity contribution in [1.82, 2.24) is 0 Å². The molecule has 0 aliphatic heterocycles. The summed E-state index contributed by atoms with van der Waals surface area (Å²) >= 11 is 0. The maximum atomic E-state index is 14.5. The van der Waals surface area contributed by atoms with Crippen LogP contribution in [-0.4, -0.2) is 26.9 Å². The molecule has 32 heavy (non-hydrogen) atoms. The molecule has 0 radical (unpaired) electrons. The molecule has 3 aromatic rings. The van der Waals surface area contributed by atoms with Crippen LogP contribution in [0, 0.1) is 17.6 Å². The van der Waals surface area contributed by atoms with E-state index >= 15 is 0 Å². The fraction of sp³-hybridized carbons (Fsp3) is 0.308. The van der Waals surface area contributed by atoms with Gasteiger partial charge in [-0.15, -0.1) is 0 Å². The molecule has 0 bridgehead atoms. The molecule has 3 rings (SSSR count). The lowest BCUT2D eigenvalue weighted by molar-refractivity contribution is 0.0795. The lowest BCUT2D eigenvalue weighted by Gasteiger charge is -2.14. The number of hydrogen-bond acceptors (Lipinski definition) is 4. The minimum Gasteiger partial charge on any atom is -0.493 e. The Morgan fingerprint density at radius 3 is 2.16 bits per heavy atom. The van der Waals surface area contributed by atoms with Crippen LogP contribution in [0.4, 0.5) is 8.78 Å². The molecule has 0 saturated heterocycles. The molecule has 0 aliphatic carbocycles. The fourth-order valence-corrected chi connectivity index (χ4v) is 3.09. The van der Waals surface area contributed by atoms with Crippen molar-refractivity contribution in [3.63, 3.8) is 0 Å². The zero-order valence-corrected chi connectivity index (χ0v) is 18.6. The second-order valence-corrected chi connectivity index (χ2v) is 7.73. The Morgan fingerprint density at radius 1 is 0.781 bits per heavy atom. The zero-order chi connectivity index (χ0) is 22.9. The minimum atomic E-state index is -0.771. The summed E-state index contributed by atoms with van der Waals surface area (Å²) in [6.07, 6.45) is 0. The van der Waals surface area contributed by atoms with Crippen molar-refractivity contribution in [3.05, 3.63) is 77.9 Å². The number of rotatable bonds is 11. The van der Waals surface area contributed by atoms with Gasteiger partial charge in [-0.05, 0) is 46.9 Å². The topological polar surface area (TPSA) is 36.9 Å². The van der Waals surface area contributed by atoms with Crippen LogP contribution in [0.15, 0.2) is 60.7 Å². The molecular weight excluding hydrogens is 414 g/mol. The summed E-state index contributed by atoms with van der Waals surface area (Å²) in [5.74, 6) is -0.546. The maximum absolute atomic E-state index is 14.5. The van der Waals surface area contributed by atoms with Gasteiger partial charge in [0.1, 0.15) is 13.2 Å². The molecule has 0 heterocycles. The Balaban J connectivity index is 1.70. The zero-order valence-electron chi connectivity index (χ0n) is 18.6. The molecule has 0 unspecified atom stereocenters. The van der Waals surface area contributed by atoms with Gasteiger partial charge in [-0.2, -0.15) is 0 Å². The SMILES string of the molecule is COc1cc(-c2cc(F)c(OCCOCC(C)C)c(F)c2)ccc1OCc1ccccc1. The van der Waals surface area contributed by atoms with Gasteiger partial charge in [0.25, 0.3) is 0 Å². The Hall–Kier alpha value is -3.12. The third-order valence-electron chi connectivity index (χ3n) is 4.66. The van der Waals surface area contributed by atoms with Crippen LogP contribution in [0.25, 0.3) is 11.1 Å². The van der Waals surface area contributed by atoms with Crippen LogP contribution in [0.2, 0.25) is 0 Å². The van der Waals surface area contributed by atoms with Crippen molar-refractivity contribution in [1.29, 1.82) is 0 Å². The number of ether oxygens (including phenoxy) is 4. The van der Waals surface area contributed by atoms with Crippen molar-refractivity contribution in [3.8, 4) is 28.4 Å². The maximum Gasteiger partial charge on any atom is 0.190 e. The predicted molar refractivity (Wildman–Crippen MR) is 120 cm³/mol. The highest BCUT2D eigenvalue weighted by molar-refractivity contribution is 5.68. The Kier molecular flexibility index (Phi) is 8.45. The van der Waals surface area contributed by atoms with Gasteiger partial charge in [-0.3, -0.25) is 0 Å². The number of benzene rings is 3. The third kappa shape index (κ3) is 6.44. The quantitative estimate of drug-likeness (QED) is 0.328. The van der Waals surface area contributed by atoms with E-state index in [-0.39, 0.29) is 13.2 Å². The second kappa shape index (κ2) is 11.5. The van der Waals surface area contributed by atoms with Crippen molar-refractivity contribution < 1.29 is 27.7 Å². The van der Waals surface area contributed by atoms with Gasteiger partial charge < -0.3 is 18.9 Å². The molecule has 0 aromatic heterocycles. The number of halogens is 2. The van der Waals surface area contributed by atoms with E-state index in [1.54, 1.807) is 18.2 Å².